The van der Waals surface area contributed by atoms with Crippen molar-refractivity contribution in [3.8, 4) is 17.4 Å². The van der Waals surface area contributed by atoms with Crippen LogP contribution in [0, 0.1) is 25.5 Å². The molecule has 24 heavy (non-hydrogen) atoms. The minimum Gasteiger partial charge on any atom is -0.418 e. The second kappa shape index (κ2) is 6.04. The van der Waals surface area contributed by atoms with Gasteiger partial charge in [0.25, 0.3) is 0 Å². The number of halogens is 3. The number of anilines is 1. The van der Waals surface area contributed by atoms with E-state index in [-0.39, 0.29) is 22.6 Å². The molecule has 6 nitrogen and oxygen atoms in total. The van der Waals surface area contributed by atoms with E-state index < -0.39 is 11.6 Å². The molecule has 0 aliphatic rings. The van der Waals surface area contributed by atoms with Crippen molar-refractivity contribution >= 4 is 17.3 Å². The predicted molar refractivity (Wildman–Crippen MR) is 84.5 cm³/mol. The van der Waals surface area contributed by atoms with Gasteiger partial charge in [-0.2, -0.15) is 10.1 Å². The van der Waals surface area contributed by atoms with Gasteiger partial charge in [-0.05, 0) is 26.0 Å². The monoisotopic (exact) mass is 351 g/mol. The number of nitrogens with zero attached hydrogens (tertiary/aromatic N) is 4. The summed E-state index contributed by atoms with van der Waals surface area (Å²) in [6.07, 6.45) is 1.20. The quantitative estimate of drug-likeness (QED) is 0.729. The summed E-state index contributed by atoms with van der Waals surface area (Å²) < 4.78 is 33.7. The van der Waals surface area contributed by atoms with Crippen molar-refractivity contribution < 1.29 is 13.5 Å². The lowest BCUT2D eigenvalue weighted by molar-refractivity contribution is 0.425. The van der Waals surface area contributed by atoms with E-state index in [9.17, 15) is 8.78 Å². The molecule has 9 heteroatoms. The van der Waals surface area contributed by atoms with Crippen LogP contribution in [0.25, 0.3) is 5.69 Å². The number of aryl methyl sites for hydroxylation is 1. The molecule has 0 aliphatic carbocycles. The third-order valence-electron chi connectivity index (χ3n) is 3.45. The summed E-state index contributed by atoms with van der Waals surface area (Å²) in [5.41, 5.74) is 7.49. The number of hydrogen-bond donors (Lipinski definition) is 1. The molecule has 0 amide bonds. The van der Waals surface area contributed by atoms with Gasteiger partial charge in [0.2, 0.25) is 11.8 Å². The zero-order valence-electron chi connectivity index (χ0n) is 12.7. The molecule has 0 unspecified atom stereocenters. The van der Waals surface area contributed by atoms with Crippen LogP contribution in [0.2, 0.25) is 5.15 Å². The first-order valence-electron chi connectivity index (χ1n) is 6.84. The molecule has 3 aromatic rings. The highest BCUT2D eigenvalue weighted by Gasteiger charge is 2.19. The van der Waals surface area contributed by atoms with Crippen molar-refractivity contribution in [2.75, 3.05) is 5.73 Å². The van der Waals surface area contributed by atoms with Gasteiger partial charge in [-0.15, -0.1) is 0 Å². The fourth-order valence-corrected chi connectivity index (χ4v) is 2.15. The van der Waals surface area contributed by atoms with Gasteiger partial charge in [0.1, 0.15) is 12.0 Å². The maximum absolute atomic E-state index is 13.5. The normalized spacial score (nSPS) is 10.9. The van der Waals surface area contributed by atoms with E-state index in [1.54, 1.807) is 13.8 Å². The Kier molecular flexibility index (Phi) is 4.06. The van der Waals surface area contributed by atoms with Crippen LogP contribution in [0.1, 0.15) is 11.3 Å². The van der Waals surface area contributed by atoms with Crippen molar-refractivity contribution in [1.29, 1.82) is 0 Å². The summed E-state index contributed by atoms with van der Waals surface area (Å²) in [6, 6.07) is 3.41. The molecular weight excluding hydrogens is 340 g/mol. The summed E-state index contributed by atoms with van der Waals surface area (Å²) in [5, 5.41) is 4.33. The van der Waals surface area contributed by atoms with E-state index in [0.717, 1.165) is 12.1 Å². The first-order chi connectivity index (χ1) is 11.4. The smallest absolute Gasteiger partial charge is 0.249 e. The molecule has 3 rings (SSSR count). The maximum Gasteiger partial charge on any atom is 0.249 e. The largest absolute Gasteiger partial charge is 0.418 e. The van der Waals surface area contributed by atoms with E-state index >= 15 is 0 Å². The molecule has 0 atom stereocenters. The van der Waals surface area contributed by atoms with Gasteiger partial charge in [-0.3, -0.25) is 0 Å². The fourth-order valence-electron chi connectivity index (χ4n) is 2.03. The second-order valence-electron chi connectivity index (χ2n) is 5.01. The summed E-state index contributed by atoms with van der Waals surface area (Å²) in [4.78, 5) is 7.68. The number of ether oxygens (including phenoxy) is 1. The number of nitrogen functional groups attached to an aromatic ring is 1. The number of rotatable bonds is 3. The lowest BCUT2D eigenvalue weighted by atomic mass is 10.3. The summed E-state index contributed by atoms with van der Waals surface area (Å²) in [6.45, 7) is 3.53. The molecule has 2 N–H and O–H groups in total. The van der Waals surface area contributed by atoms with Crippen molar-refractivity contribution in [2.24, 2.45) is 0 Å². The SMILES string of the molecule is Cc1nn(-c2ccc(F)c(F)c2)c(Oc2ncnc(Cl)c2N)c1C. The van der Waals surface area contributed by atoms with Gasteiger partial charge in [-0.1, -0.05) is 11.6 Å². The number of hydrogen-bond acceptors (Lipinski definition) is 5. The molecule has 0 fully saturated rings. The highest BCUT2D eigenvalue weighted by molar-refractivity contribution is 6.32. The van der Waals surface area contributed by atoms with E-state index in [2.05, 4.69) is 15.1 Å². The zero-order valence-corrected chi connectivity index (χ0v) is 13.5. The molecule has 124 valence electrons. The van der Waals surface area contributed by atoms with Crippen molar-refractivity contribution in [2.45, 2.75) is 13.8 Å². The molecule has 0 saturated carbocycles. The highest BCUT2D eigenvalue weighted by atomic mass is 35.5. The van der Waals surface area contributed by atoms with Gasteiger partial charge in [0, 0.05) is 11.6 Å². The van der Waals surface area contributed by atoms with Crippen LogP contribution in [0.3, 0.4) is 0 Å². The standard InChI is InChI=1S/C15H12ClF2N5O/c1-7-8(2)22-23(9-3-4-10(17)11(18)5-9)15(7)24-14-12(19)13(16)20-6-21-14/h3-6H,19H2,1-2H3. The minimum atomic E-state index is -0.992. The molecule has 0 aliphatic heterocycles. The average molecular weight is 352 g/mol. The van der Waals surface area contributed by atoms with Crippen LogP contribution < -0.4 is 10.5 Å². The van der Waals surface area contributed by atoms with Crippen molar-refractivity contribution in [3.05, 3.63) is 52.6 Å². The Morgan fingerprint density at radius 1 is 1.17 bits per heavy atom. The third-order valence-corrected chi connectivity index (χ3v) is 3.75. The molecule has 0 radical (unpaired) electrons. The molecule has 1 aromatic carbocycles. The zero-order chi connectivity index (χ0) is 17.4. The van der Waals surface area contributed by atoms with Crippen LogP contribution >= 0.6 is 11.6 Å². The minimum absolute atomic E-state index is 0.0434. The predicted octanol–water partition coefficient (Wildman–Crippen LogP) is 3.59. The summed E-state index contributed by atoms with van der Waals surface area (Å²) >= 11 is 5.85. The first kappa shape index (κ1) is 16.1. The number of aromatic nitrogens is 4. The van der Waals surface area contributed by atoms with Crippen molar-refractivity contribution in [1.82, 2.24) is 19.7 Å². The topological polar surface area (TPSA) is 78.8 Å². The average Bonchev–Trinajstić information content (AvgIpc) is 2.83. The first-order valence-corrected chi connectivity index (χ1v) is 7.21. The molecule has 0 bridgehead atoms. The van der Waals surface area contributed by atoms with Gasteiger partial charge in [-0.25, -0.2) is 18.4 Å². The fraction of sp³-hybridized carbons (Fsp3) is 0.133. The molecule has 2 aromatic heterocycles. The third kappa shape index (κ3) is 2.76. The number of benzene rings is 1. The summed E-state index contributed by atoms with van der Waals surface area (Å²) in [7, 11) is 0. The van der Waals surface area contributed by atoms with E-state index in [4.69, 9.17) is 22.1 Å². The Morgan fingerprint density at radius 2 is 1.92 bits per heavy atom. The van der Waals surface area contributed by atoms with Crippen LogP contribution in [0.4, 0.5) is 14.5 Å². The maximum atomic E-state index is 13.5. The van der Waals surface area contributed by atoms with Gasteiger partial charge >= 0.3 is 0 Å². The molecule has 0 saturated heterocycles. The van der Waals surface area contributed by atoms with E-state index in [1.165, 1.54) is 17.1 Å². The molecule has 0 spiro atoms. The Morgan fingerprint density at radius 3 is 2.62 bits per heavy atom. The Balaban J connectivity index is 2.11. The Labute approximate surface area is 140 Å². The van der Waals surface area contributed by atoms with Crippen LogP contribution in [-0.2, 0) is 0 Å². The van der Waals surface area contributed by atoms with Crippen LogP contribution in [0.15, 0.2) is 24.5 Å². The molecule has 2 heterocycles. The van der Waals surface area contributed by atoms with Crippen LogP contribution in [-0.4, -0.2) is 19.7 Å². The van der Waals surface area contributed by atoms with E-state index in [1.807, 2.05) is 0 Å². The lowest BCUT2D eigenvalue weighted by Crippen LogP contribution is -2.04. The van der Waals surface area contributed by atoms with Gasteiger partial charge in [0.05, 0.1) is 11.4 Å². The Hall–Kier alpha value is -2.74. The lowest BCUT2D eigenvalue weighted by Gasteiger charge is -2.11. The van der Waals surface area contributed by atoms with E-state index in [0.29, 0.717) is 16.9 Å². The summed E-state index contributed by atoms with van der Waals surface area (Å²) in [5.74, 6) is -1.63. The highest BCUT2D eigenvalue weighted by Crippen LogP contribution is 2.33. The Bertz CT molecular complexity index is 928. The van der Waals surface area contributed by atoms with Gasteiger partial charge in [0.15, 0.2) is 16.8 Å². The van der Waals surface area contributed by atoms with Crippen molar-refractivity contribution in [3.63, 3.8) is 0 Å². The van der Waals surface area contributed by atoms with Gasteiger partial charge < -0.3 is 10.5 Å². The van der Waals surface area contributed by atoms with Crippen LogP contribution in [0.5, 0.6) is 11.8 Å². The molecular formula is C15H12ClF2N5O. The second-order valence-corrected chi connectivity index (χ2v) is 5.37. The number of nitrogens with two attached hydrogens (primary N) is 1.